The van der Waals surface area contributed by atoms with Gasteiger partial charge in [0.1, 0.15) is 0 Å². The summed E-state index contributed by atoms with van der Waals surface area (Å²) in [7, 11) is 0. The van der Waals surface area contributed by atoms with E-state index in [0.29, 0.717) is 0 Å². The normalized spacial score (nSPS) is 38.5. The smallest absolute Gasteiger partial charge is 0.0521 e. The van der Waals surface area contributed by atoms with Gasteiger partial charge in [0.25, 0.3) is 0 Å². The molecule has 0 aliphatic carbocycles. The molecule has 2 aliphatic heterocycles. The monoisotopic (exact) mass is 155 g/mol. The standard InChI is InChI=1S/C9H17NO/c1-7(2)10-5-8-6-11-4-3-9(8)10/h7-9H,3-6H2,1-2H3. The quantitative estimate of drug-likeness (QED) is 0.562. The second-order valence-corrected chi connectivity index (χ2v) is 3.98. The van der Waals surface area contributed by atoms with Crippen LogP contribution in [0.25, 0.3) is 0 Å². The fraction of sp³-hybridized carbons (Fsp3) is 1.00. The van der Waals surface area contributed by atoms with Crippen molar-refractivity contribution in [3.8, 4) is 0 Å². The van der Waals surface area contributed by atoms with Crippen LogP contribution in [0.15, 0.2) is 0 Å². The van der Waals surface area contributed by atoms with Crippen LogP contribution >= 0.6 is 0 Å². The van der Waals surface area contributed by atoms with E-state index in [1.165, 1.54) is 13.0 Å². The zero-order chi connectivity index (χ0) is 7.84. The summed E-state index contributed by atoms with van der Waals surface area (Å²) in [6.45, 7) is 7.82. The molecule has 2 nitrogen and oxygen atoms in total. The van der Waals surface area contributed by atoms with Gasteiger partial charge in [-0.2, -0.15) is 0 Å². The molecule has 2 saturated heterocycles. The molecule has 2 unspecified atom stereocenters. The first-order chi connectivity index (χ1) is 5.29. The Balaban J connectivity index is 1.91. The zero-order valence-corrected chi connectivity index (χ0v) is 7.42. The Bertz CT molecular complexity index is 146. The highest BCUT2D eigenvalue weighted by Gasteiger charge is 2.41. The number of hydrogen-bond acceptors (Lipinski definition) is 2. The molecule has 2 rings (SSSR count). The largest absolute Gasteiger partial charge is 0.381 e. The van der Waals surface area contributed by atoms with Crippen molar-refractivity contribution >= 4 is 0 Å². The lowest BCUT2D eigenvalue weighted by atomic mass is 9.84. The van der Waals surface area contributed by atoms with Gasteiger partial charge in [0.05, 0.1) is 6.61 Å². The van der Waals surface area contributed by atoms with Gasteiger partial charge in [-0.15, -0.1) is 0 Å². The molecular weight excluding hydrogens is 138 g/mol. The van der Waals surface area contributed by atoms with E-state index in [2.05, 4.69) is 18.7 Å². The molecule has 0 bridgehead atoms. The van der Waals surface area contributed by atoms with Crippen LogP contribution in [0, 0.1) is 5.92 Å². The molecule has 2 heteroatoms. The Hall–Kier alpha value is -0.0800. The fourth-order valence-electron chi connectivity index (χ4n) is 2.26. The number of rotatable bonds is 1. The molecule has 0 N–H and O–H groups in total. The predicted molar refractivity (Wildman–Crippen MR) is 44.6 cm³/mol. The van der Waals surface area contributed by atoms with E-state index in [1.807, 2.05) is 0 Å². The fourth-order valence-corrected chi connectivity index (χ4v) is 2.26. The Morgan fingerprint density at radius 2 is 2.27 bits per heavy atom. The second-order valence-electron chi connectivity index (χ2n) is 3.98. The van der Waals surface area contributed by atoms with Gasteiger partial charge in [-0.1, -0.05) is 0 Å². The van der Waals surface area contributed by atoms with E-state index in [4.69, 9.17) is 4.74 Å². The molecule has 0 radical (unpaired) electrons. The first kappa shape index (κ1) is 7.56. The molecule has 0 saturated carbocycles. The van der Waals surface area contributed by atoms with Gasteiger partial charge in [0.2, 0.25) is 0 Å². The van der Waals surface area contributed by atoms with Gasteiger partial charge in [-0.3, -0.25) is 4.90 Å². The predicted octanol–water partition coefficient (Wildman–Crippen LogP) is 1.12. The molecule has 0 amide bonds. The third-order valence-electron chi connectivity index (χ3n) is 2.97. The van der Waals surface area contributed by atoms with Crippen molar-refractivity contribution in [2.45, 2.75) is 32.4 Å². The molecule has 11 heavy (non-hydrogen) atoms. The van der Waals surface area contributed by atoms with Crippen molar-refractivity contribution in [3.05, 3.63) is 0 Å². The second kappa shape index (κ2) is 2.76. The molecule has 0 aromatic rings. The third kappa shape index (κ3) is 1.18. The first-order valence-corrected chi connectivity index (χ1v) is 4.62. The number of fused-ring (bicyclic) bond motifs is 1. The Morgan fingerprint density at radius 3 is 2.91 bits per heavy atom. The van der Waals surface area contributed by atoms with Gasteiger partial charge < -0.3 is 4.74 Å². The third-order valence-corrected chi connectivity index (χ3v) is 2.97. The van der Waals surface area contributed by atoms with Crippen LogP contribution in [-0.2, 0) is 4.74 Å². The van der Waals surface area contributed by atoms with Crippen LogP contribution in [0.2, 0.25) is 0 Å². The van der Waals surface area contributed by atoms with Gasteiger partial charge in [-0.25, -0.2) is 0 Å². The minimum absolute atomic E-state index is 0.731. The Morgan fingerprint density at radius 1 is 1.45 bits per heavy atom. The maximum absolute atomic E-state index is 5.40. The number of ether oxygens (including phenoxy) is 1. The SMILES string of the molecule is CC(C)N1CC2COCCC21. The zero-order valence-electron chi connectivity index (χ0n) is 7.42. The van der Waals surface area contributed by atoms with Crippen LogP contribution < -0.4 is 0 Å². The Labute approximate surface area is 68.5 Å². The minimum Gasteiger partial charge on any atom is -0.381 e. The highest BCUT2D eigenvalue weighted by atomic mass is 16.5. The summed E-state index contributed by atoms with van der Waals surface area (Å²) in [5, 5.41) is 0. The van der Waals surface area contributed by atoms with Gasteiger partial charge >= 0.3 is 0 Å². The van der Waals surface area contributed by atoms with Crippen LogP contribution in [-0.4, -0.2) is 36.7 Å². The van der Waals surface area contributed by atoms with E-state index < -0.39 is 0 Å². The number of hydrogen-bond donors (Lipinski definition) is 0. The topological polar surface area (TPSA) is 12.5 Å². The van der Waals surface area contributed by atoms with Crippen LogP contribution in [0.3, 0.4) is 0 Å². The van der Waals surface area contributed by atoms with E-state index in [0.717, 1.165) is 31.2 Å². The van der Waals surface area contributed by atoms with E-state index in [-0.39, 0.29) is 0 Å². The Kier molecular flexibility index (Phi) is 1.90. The summed E-state index contributed by atoms with van der Waals surface area (Å²) in [5.74, 6) is 0.853. The maximum Gasteiger partial charge on any atom is 0.0521 e. The molecule has 0 aromatic heterocycles. The first-order valence-electron chi connectivity index (χ1n) is 4.62. The van der Waals surface area contributed by atoms with E-state index >= 15 is 0 Å². The molecular formula is C9H17NO. The summed E-state index contributed by atoms with van der Waals surface area (Å²) in [6.07, 6.45) is 1.25. The van der Waals surface area contributed by atoms with Crippen LogP contribution in [0.4, 0.5) is 0 Å². The molecule has 2 atom stereocenters. The molecule has 64 valence electrons. The average Bonchev–Trinajstić information content (AvgIpc) is 1.90. The molecule has 2 aliphatic rings. The summed E-state index contributed by atoms with van der Waals surface area (Å²) < 4.78 is 5.40. The summed E-state index contributed by atoms with van der Waals surface area (Å²) in [6, 6.07) is 1.58. The summed E-state index contributed by atoms with van der Waals surface area (Å²) in [4.78, 5) is 2.59. The van der Waals surface area contributed by atoms with E-state index in [9.17, 15) is 0 Å². The lowest BCUT2D eigenvalue weighted by molar-refractivity contribution is -0.103. The van der Waals surface area contributed by atoms with Crippen molar-refractivity contribution in [2.24, 2.45) is 5.92 Å². The molecule has 0 spiro atoms. The number of nitrogens with zero attached hydrogens (tertiary/aromatic N) is 1. The molecule has 2 heterocycles. The molecule has 0 aromatic carbocycles. The van der Waals surface area contributed by atoms with Gasteiger partial charge in [0.15, 0.2) is 0 Å². The lowest BCUT2D eigenvalue weighted by Crippen LogP contribution is -2.62. The van der Waals surface area contributed by atoms with Crippen LogP contribution in [0.1, 0.15) is 20.3 Å². The highest BCUT2D eigenvalue weighted by molar-refractivity contribution is 4.94. The molecule has 2 fully saturated rings. The van der Waals surface area contributed by atoms with Crippen molar-refractivity contribution < 1.29 is 4.74 Å². The summed E-state index contributed by atoms with van der Waals surface area (Å²) in [5.41, 5.74) is 0. The maximum atomic E-state index is 5.40. The van der Waals surface area contributed by atoms with Crippen molar-refractivity contribution in [1.82, 2.24) is 4.90 Å². The average molecular weight is 155 g/mol. The minimum atomic E-state index is 0.731. The lowest BCUT2D eigenvalue weighted by Gasteiger charge is -2.52. The van der Waals surface area contributed by atoms with Crippen molar-refractivity contribution in [2.75, 3.05) is 19.8 Å². The van der Waals surface area contributed by atoms with Gasteiger partial charge in [0, 0.05) is 31.2 Å². The van der Waals surface area contributed by atoms with Crippen LogP contribution in [0.5, 0.6) is 0 Å². The van der Waals surface area contributed by atoms with Crippen molar-refractivity contribution in [1.29, 1.82) is 0 Å². The van der Waals surface area contributed by atoms with Gasteiger partial charge in [-0.05, 0) is 20.3 Å². The van der Waals surface area contributed by atoms with Crippen molar-refractivity contribution in [3.63, 3.8) is 0 Å². The highest BCUT2D eigenvalue weighted by Crippen LogP contribution is 2.32. The number of likely N-dealkylation sites (tertiary alicyclic amines) is 1. The summed E-state index contributed by atoms with van der Waals surface area (Å²) >= 11 is 0. The van der Waals surface area contributed by atoms with E-state index in [1.54, 1.807) is 0 Å².